The van der Waals surface area contributed by atoms with Crippen molar-refractivity contribution < 1.29 is 4.79 Å². The van der Waals surface area contributed by atoms with Crippen LogP contribution in [0.5, 0.6) is 0 Å². The molecule has 0 radical (unpaired) electrons. The number of piperidine rings is 1. The number of carbonyl (C=O) groups is 1. The Morgan fingerprint density at radius 2 is 2.54 bits per heavy atom. The SMILES string of the molecule is CC1CCCN(C(=O)NCC#N)C1. The van der Waals surface area contributed by atoms with E-state index in [1.807, 2.05) is 6.07 Å². The van der Waals surface area contributed by atoms with Crippen LogP contribution in [0.4, 0.5) is 4.79 Å². The van der Waals surface area contributed by atoms with Crippen molar-refractivity contribution in [2.24, 2.45) is 5.92 Å². The number of amides is 2. The molecule has 0 spiro atoms. The minimum absolute atomic E-state index is 0.101. The van der Waals surface area contributed by atoms with Gasteiger partial charge in [0, 0.05) is 13.1 Å². The van der Waals surface area contributed by atoms with E-state index < -0.39 is 0 Å². The Labute approximate surface area is 78.5 Å². The number of hydrogen-bond donors (Lipinski definition) is 1. The highest BCUT2D eigenvalue weighted by Gasteiger charge is 2.19. The summed E-state index contributed by atoms with van der Waals surface area (Å²) in [5, 5.41) is 10.8. The Kier molecular flexibility index (Phi) is 3.56. The zero-order chi connectivity index (χ0) is 9.68. The molecule has 1 aliphatic rings. The summed E-state index contributed by atoms with van der Waals surface area (Å²) in [5.41, 5.74) is 0. The van der Waals surface area contributed by atoms with E-state index in [9.17, 15) is 4.79 Å². The average Bonchev–Trinajstić information content (AvgIpc) is 2.14. The van der Waals surface area contributed by atoms with Gasteiger partial charge in [-0.15, -0.1) is 0 Å². The van der Waals surface area contributed by atoms with E-state index in [-0.39, 0.29) is 12.6 Å². The topological polar surface area (TPSA) is 56.1 Å². The third-order valence-electron chi connectivity index (χ3n) is 2.26. The summed E-state index contributed by atoms with van der Waals surface area (Å²) in [4.78, 5) is 13.1. The summed E-state index contributed by atoms with van der Waals surface area (Å²) in [5.74, 6) is 0.585. The average molecular weight is 181 g/mol. The van der Waals surface area contributed by atoms with Crippen LogP contribution in [0, 0.1) is 17.2 Å². The van der Waals surface area contributed by atoms with E-state index in [4.69, 9.17) is 5.26 Å². The fourth-order valence-corrected chi connectivity index (χ4v) is 1.60. The van der Waals surface area contributed by atoms with Crippen molar-refractivity contribution in [1.82, 2.24) is 10.2 Å². The van der Waals surface area contributed by atoms with Crippen molar-refractivity contribution in [3.05, 3.63) is 0 Å². The van der Waals surface area contributed by atoms with Gasteiger partial charge in [0.05, 0.1) is 6.07 Å². The molecule has 0 aliphatic carbocycles. The second-order valence-corrected chi connectivity index (χ2v) is 3.51. The minimum Gasteiger partial charge on any atom is -0.325 e. The highest BCUT2D eigenvalue weighted by Crippen LogP contribution is 2.14. The van der Waals surface area contributed by atoms with Gasteiger partial charge >= 0.3 is 6.03 Å². The maximum atomic E-state index is 11.4. The first-order valence-electron chi connectivity index (χ1n) is 4.63. The van der Waals surface area contributed by atoms with Crippen LogP contribution < -0.4 is 5.32 Å². The minimum atomic E-state index is -0.104. The zero-order valence-corrected chi connectivity index (χ0v) is 7.92. The third-order valence-corrected chi connectivity index (χ3v) is 2.26. The molecule has 2 amide bonds. The van der Waals surface area contributed by atoms with Gasteiger partial charge in [0.15, 0.2) is 0 Å². The molecule has 72 valence electrons. The van der Waals surface area contributed by atoms with Crippen molar-refractivity contribution in [2.75, 3.05) is 19.6 Å². The molecule has 13 heavy (non-hydrogen) atoms. The van der Waals surface area contributed by atoms with E-state index in [1.165, 1.54) is 6.42 Å². The molecule has 0 saturated carbocycles. The second-order valence-electron chi connectivity index (χ2n) is 3.51. The van der Waals surface area contributed by atoms with Crippen molar-refractivity contribution in [1.29, 1.82) is 5.26 Å². The lowest BCUT2D eigenvalue weighted by Crippen LogP contribution is -2.45. The summed E-state index contributed by atoms with van der Waals surface area (Å²) in [7, 11) is 0. The van der Waals surface area contributed by atoms with E-state index in [0.29, 0.717) is 5.92 Å². The first-order valence-corrected chi connectivity index (χ1v) is 4.63. The Morgan fingerprint density at radius 3 is 3.15 bits per heavy atom. The molecule has 1 saturated heterocycles. The molecule has 1 atom stereocenters. The third kappa shape index (κ3) is 2.94. The molecule has 1 rings (SSSR count). The molecule has 0 bridgehead atoms. The predicted molar refractivity (Wildman–Crippen MR) is 49.0 cm³/mol. The Hall–Kier alpha value is -1.24. The van der Waals surface area contributed by atoms with Crippen LogP contribution in [-0.4, -0.2) is 30.6 Å². The molecule has 1 heterocycles. The van der Waals surface area contributed by atoms with Gasteiger partial charge in [0.2, 0.25) is 0 Å². The van der Waals surface area contributed by atoms with Crippen LogP contribution in [0.3, 0.4) is 0 Å². The monoisotopic (exact) mass is 181 g/mol. The standard InChI is InChI=1S/C9H15N3O/c1-8-3-2-6-12(7-8)9(13)11-5-4-10/h8H,2-3,5-7H2,1H3,(H,11,13). The second kappa shape index (κ2) is 4.70. The lowest BCUT2D eigenvalue weighted by atomic mass is 10.0. The summed E-state index contributed by atoms with van der Waals surface area (Å²) >= 11 is 0. The largest absolute Gasteiger partial charge is 0.325 e. The van der Waals surface area contributed by atoms with E-state index in [0.717, 1.165) is 19.5 Å². The van der Waals surface area contributed by atoms with Crippen LogP contribution in [0.2, 0.25) is 0 Å². The fourth-order valence-electron chi connectivity index (χ4n) is 1.60. The van der Waals surface area contributed by atoms with Gasteiger partial charge in [-0.1, -0.05) is 6.92 Å². The van der Waals surface area contributed by atoms with Crippen molar-refractivity contribution in [2.45, 2.75) is 19.8 Å². The van der Waals surface area contributed by atoms with Crippen LogP contribution >= 0.6 is 0 Å². The first-order chi connectivity index (χ1) is 6.24. The Balaban J connectivity index is 2.33. The van der Waals surface area contributed by atoms with Crippen LogP contribution in [0.15, 0.2) is 0 Å². The summed E-state index contributed by atoms with van der Waals surface area (Å²) in [6.07, 6.45) is 2.27. The number of carbonyl (C=O) groups excluding carboxylic acids is 1. The van der Waals surface area contributed by atoms with Crippen LogP contribution in [0.1, 0.15) is 19.8 Å². The van der Waals surface area contributed by atoms with Gasteiger partial charge in [-0.25, -0.2) is 4.79 Å². The molecule has 4 heteroatoms. The smallest absolute Gasteiger partial charge is 0.318 e. The van der Waals surface area contributed by atoms with Crippen LogP contribution in [-0.2, 0) is 0 Å². The molecule has 1 N–H and O–H groups in total. The molecule has 0 aromatic carbocycles. The Morgan fingerprint density at radius 1 is 1.77 bits per heavy atom. The number of rotatable bonds is 1. The molecular weight excluding hydrogens is 166 g/mol. The van der Waals surface area contributed by atoms with Crippen molar-refractivity contribution >= 4 is 6.03 Å². The summed E-state index contributed by atoms with van der Waals surface area (Å²) in [6.45, 7) is 3.88. The summed E-state index contributed by atoms with van der Waals surface area (Å²) < 4.78 is 0. The Bertz CT molecular complexity index is 221. The highest BCUT2D eigenvalue weighted by molar-refractivity contribution is 5.74. The maximum Gasteiger partial charge on any atom is 0.318 e. The highest BCUT2D eigenvalue weighted by atomic mass is 16.2. The number of hydrogen-bond acceptors (Lipinski definition) is 2. The lowest BCUT2D eigenvalue weighted by Gasteiger charge is -2.30. The quantitative estimate of drug-likeness (QED) is 0.612. The van der Waals surface area contributed by atoms with Gasteiger partial charge in [0.25, 0.3) is 0 Å². The number of likely N-dealkylation sites (tertiary alicyclic amines) is 1. The number of urea groups is 1. The van der Waals surface area contributed by atoms with E-state index in [1.54, 1.807) is 4.90 Å². The molecule has 0 aromatic rings. The number of nitrogens with one attached hydrogen (secondary N) is 1. The van der Waals surface area contributed by atoms with Gasteiger partial charge in [-0.05, 0) is 18.8 Å². The summed E-state index contributed by atoms with van der Waals surface area (Å²) in [6, 6.07) is 1.79. The van der Waals surface area contributed by atoms with Gasteiger partial charge in [0.1, 0.15) is 6.54 Å². The van der Waals surface area contributed by atoms with Crippen molar-refractivity contribution in [3.8, 4) is 6.07 Å². The zero-order valence-electron chi connectivity index (χ0n) is 7.92. The lowest BCUT2D eigenvalue weighted by molar-refractivity contribution is 0.171. The molecule has 1 fully saturated rings. The normalized spacial score (nSPS) is 22.2. The molecule has 0 aromatic heterocycles. The van der Waals surface area contributed by atoms with E-state index in [2.05, 4.69) is 12.2 Å². The first kappa shape index (κ1) is 9.85. The predicted octanol–water partition coefficient (Wildman–Crippen LogP) is 0.951. The van der Waals surface area contributed by atoms with Crippen LogP contribution in [0.25, 0.3) is 0 Å². The molecule has 4 nitrogen and oxygen atoms in total. The number of nitriles is 1. The molecule has 1 aliphatic heterocycles. The molecular formula is C9H15N3O. The van der Waals surface area contributed by atoms with E-state index >= 15 is 0 Å². The van der Waals surface area contributed by atoms with Gasteiger partial charge in [-0.2, -0.15) is 5.26 Å². The molecule has 1 unspecified atom stereocenters. The van der Waals surface area contributed by atoms with Crippen molar-refractivity contribution in [3.63, 3.8) is 0 Å². The fraction of sp³-hybridized carbons (Fsp3) is 0.778. The van der Waals surface area contributed by atoms with Gasteiger partial charge in [-0.3, -0.25) is 0 Å². The maximum absolute atomic E-state index is 11.4. The number of nitrogens with zero attached hydrogens (tertiary/aromatic N) is 2. The van der Waals surface area contributed by atoms with Gasteiger partial charge < -0.3 is 10.2 Å².